The van der Waals surface area contributed by atoms with Crippen LogP contribution in [-0.2, 0) is 4.79 Å². The molecule has 1 atom stereocenters. The molecular formula is C11H9F5O2. The number of halogens is 5. The maximum absolute atomic E-state index is 13.2. The summed E-state index contributed by atoms with van der Waals surface area (Å²) in [6.45, 7) is 2.63. The number of ketones is 1. The summed E-state index contributed by atoms with van der Waals surface area (Å²) in [5.74, 6) is -12.7. The fraction of sp³-hybridized carbons (Fsp3) is 0.364. The Kier molecular flexibility index (Phi) is 4.26. The van der Waals surface area contributed by atoms with E-state index in [1.807, 2.05) is 0 Å². The lowest BCUT2D eigenvalue weighted by Crippen LogP contribution is -2.24. The summed E-state index contributed by atoms with van der Waals surface area (Å²) in [5, 5.41) is 0. The largest absolute Gasteiger partial charge is 0.477 e. The molecule has 0 aliphatic rings. The second kappa shape index (κ2) is 5.32. The van der Waals surface area contributed by atoms with Crippen molar-refractivity contribution in [3.05, 3.63) is 29.1 Å². The summed E-state index contributed by atoms with van der Waals surface area (Å²) in [6.07, 6.45) is -1.29. The summed E-state index contributed by atoms with van der Waals surface area (Å²) in [6, 6.07) is 0. The van der Waals surface area contributed by atoms with E-state index in [0.29, 0.717) is 0 Å². The van der Waals surface area contributed by atoms with Crippen molar-refractivity contribution < 1.29 is 31.5 Å². The van der Waals surface area contributed by atoms with Crippen molar-refractivity contribution in [2.75, 3.05) is 0 Å². The van der Waals surface area contributed by atoms with Crippen molar-refractivity contribution in [2.45, 2.75) is 26.4 Å². The van der Waals surface area contributed by atoms with Gasteiger partial charge in [0.05, 0.1) is 0 Å². The first-order chi connectivity index (χ1) is 8.31. The molecule has 18 heavy (non-hydrogen) atoms. The number of ether oxygens (including phenoxy) is 1. The Bertz CT molecular complexity index is 458. The molecule has 0 spiro atoms. The quantitative estimate of drug-likeness (QED) is 0.476. The molecule has 0 heterocycles. The summed E-state index contributed by atoms with van der Waals surface area (Å²) < 4.78 is 69.2. The molecule has 0 radical (unpaired) electrons. The fourth-order valence-corrected chi connectivity index (χ4v) is 1.22. The average Bonchev–Trinajstić information content (AvgIpc) is 2.37. The van der Waals surface area contributed by atoms with Crippen LogP contribution in [-0.4, -0.2) is 11.9 Å². The Labute approximate surface area is 99.4 Å². The predicted octanol–water partition coefficient (Wildman–Crippen LogP) is 3.13. The number of hydrogen-bond donors (Lipinski definition) is 0. The molecule has 100 valence electrons. The third-order valence-corrected chi connectivity index (χ3v) is 2.27. The Balaban J connectivity index is 3.22. The van der Waals surface area contributed by atoms with Crippen LogP contribution in [0.25, 0.3) is 0 Å². The molecule has 1 unspecified atom stereocenters. The standard InChI is InChI=1S/C11H9F5O2/c1-3-5(17)4(2)18-11-9(15)7(13)6(12)8(14)10(11)16/h4H,3H2,1-2H3. The Morgan fingerprint density at radius 2 is 1.39 bits per heavy atom. The number of carbonyl (C=O) groups excluding carboxylic acids is 1. The highest BCUT2D eigenvalue weighted by Crippen LogP contribution is 2.29. The third-order valence-electron chi connectivity index (χ3n) is 2.27. The molecule has 0 bridgehead atoms. The Morgan fingerprint density at radius 3 is 1.78 bits per heavy atom. The molecule has 0 saturated carbocycles. The van der Waals surface area contributed by atoms with Crippen LogP contribution in [0.5, 0.6) is 5.75 Å². The highest BCUT2D eigenvalue weighted by Gasteiger charge is 2.28. The molecular weight excluding hydrogens is 259 g/mol. The third kappa shape index (κ3) is 2.44. The first-order valence-corrected chi connectivity index (χ1v) is 5.02. The zero-order valence-electron chi connectivity index (χ0n) is 9.49. The number of Topliss-reactive ketones (excluding diaryl/α,β-unsaturated/α-hetero) is 1. The van der Waals surface area contributed by atoms with Crippen LogP contribution in [0.2, 0.25) is 0 Å². The second-order valence-corrected chi connectivity index (χ2v) is 3.48. The van der Waals surface area contributed by atoms with Crippen LogP contribution in [0, 0.1) is 29.1 Å². The fourth-order valence-electron chi connectivity index (χ4n) is 1.22. The number of carbonyl (C=O) groups is 1. The van der Waals surface area contributed by atoms with Gasteiger partial charge in [0.2, 0.25) is 29.1 Å². The molecule has 0 aromatic heterocycles. The van der Waals surface area contributed by atoms with Gasteiger partial charge in [0, 0.05) is 6.42 Å². The van der Waals surface area contributed by atoms with E-state index in [2.05, 4.69) is 4.74 Å². The zero-order valence-corrected chi connectivity index (χ0v) is 9.49. The molecule has 1 rings (SSSR count). The molecule has 7 heteroatoms. The highest BCUT2D eigenvalue weighted by atomic mass is 19.2. The molecule has 0 aliphatic heterocycles. The van der Waals surface area contributed by atoms with Crippen LogP contribution in [0.1, 0.15) is 20.3 Å². The van der Waals surface area contributed by atoms with Gasteiger partial charge in [-0.25, -0.2) is 13.2 Å². The smallest absolute Gasteiger partial charge is 0.207 e. The van der Waals surface area contributed by atoms with Crippen molar-refractivity contribution >= 4 is 5.78 Å². The Hall–Kier alpha value is -1.66. The number of hydrogen-bond acceptors (Lipinski definition) is 2. The Morgan fingerprint density at radius 1 is 1.00 bits per heavy atom. The zero-order chi connectivity index (χ0) is 14.0. The maximum atomic E-state index is 13.2. The minimum absolute atomic E-state index is 0.0105. The monoisotopic (exact) mass is 268 g/mol. The van der Waals surface area contributed by atoms with E-state index in [1.54, 1.807) is 0 Å². The molecule has 0 aliphatic carbocycles. The van der Waals surface area contributed by atoms with Crippen molar-refractivity contribution in [3.8, 4) is 5.75 Å². The molecule has 1 aromatic carbocycles. The van der Waals surface area contributed by atoms with E-state index in [-0.39, 0.29) is 6.42 Å². The lowest BCUT2D eigenvalue weighted by molar-refractivity contribution is -0.124. The van der Waals surface area contributed by atoms with Gasteiger partial charge in [0.15, 0.2) is 17.6 Å². The van der Waals surface area contributed by atoms with Gasteiger partial charge in [-0.05, 0) is 6.92 Å². The molecule has 2 nitrogen and oxygen atoms in total. The topological polar surface area (TPSA) is 26.3 Å². The minimum Gasteiger partial charge on any atom is -0.477 e. The minimum atomic E-state index is -2.27. The number of rotatable bonds is 4. The first kappa shape index (κ1) is 14.4. The van der Waals surface area contributed by atoms with Gasteiger partial charge in [0.1, 0.15) is 0 Å². The van der Waals surface area contributed by atoms with Crippen LogP contribution in [0.3, 0.4) is 0 Å². The van der Waals surface area contributed by atoms with Crippen molar-refractivity contribution in [1.29, 1.82) is 0 Å². The van der Waals surface area contributed by atoms with E-state index in [9.17, 15) is 26.7 Å². The summed E-state index contributed by atoms with van der Waals surface area (Å²) in [5.41, 5.74) is 0. The van der Waals surface area contributed by atoms with Gasteiger partial charge in [-0.1, -0.05) is 6.92 Å². The van der Waals surface area contributed by atoms with Gasteiger partial charge in [-0.3, -0.25) is 4.79 Å². The SMILES string of the molecule is CCC(=O)C(C)Oc1c(F)c(F)c(F)c(F)c1F. The summed E-state index contributed by atoms with van der Waals surface area (Å²) >= 11 is 0. The van der Waals surface area contributed by atoms with Crippen molar-refractivity contribution in [2.24, 2.45) is 0 Å². The first-order valence-electron chi connectivity index (χ1n) is 5.02. The van der Waals surface area contributed by atoms with Gasteiger partial charge >= 0.3 is 0 Å². The molecule has 0 saturated heterocycles. The van der Waals surface area contributed by atoms with Crippen LogP contribution in [0.15, 0.2) is 0 Å². The maximum Gasteiger partial charge on any atom is 0.207 e. The lowest BCUT2D eigenvalue weighted by Gasteiger charge is -2.14. The van der Waals surface area contributed by atoms with Gasteiger partial charge in [-0.15, -0.1) is 0 Å². The van der Waals surface area contributed by atoms with Crippen molar-refractivity contribution in [1.82, 2.24) is 0 Å². The van der Waals surface area contributed by atoms with E-state index >= 15 is 0 Å². The van der Waals surface area contributed by atoms with Gasteiger partial charge in [0.25, 0.3) is 0 Å². The van der Waals surface area contributed by atoms with Crippen LogP contribution >= 0.6 is 0 Å². The van der Waals surface area contributed by atoms with E-state index < -0.39 is 46.7 Å². The van der Waals surface area contributed by atoms with Gasteiger partial charge < -0.3 is 4.74 Å². The van der Waals surface area contributed by atoms with Crippen LogP contribution < -0.4 is 4.74 Å². The lowest BCUT2D eigenvalue weighted by atomic mass is 10.2. The molecule has 0 N–H and O–H groups in total. The molecule has 0 amide bonds. The average molecular weight is 268 g/mol. The van der Waals surface area contributed by atoms with Gasteiger partial charge in [-0.2, -0.15) is 8.78 Å². The highest BCUT2D eigenvalue weighted by molar-refractivity contribution is 5.82. The second-order valence-electron chi connectivity index (χ2n) is 3.48. The summed E-state index contributed by atoms with van der Waals surface area (Å²) in [4.78, 5) is 11.1. The predicted molar refractivity (Wildman–Crippen MR) is 51.6 cm³/mol. The van der Waals surface area contributed by atoms with E-state index in [1.165, 1.54) is 6.92 Å². The van der Waals surface area contributed by atoms with Crippen LogP contribution in [0.4, 0.5) is 22.0 Å². The van der Waals surface area contributed by atoms with E-state index in [0.717, 1.165) is 6.92 Å². The molecule has 1 aromatic rings. The normalized spacial score (nSPS) is 12.4. The number of benzene rings is 1. The summed E-state index contributed by atoms with van der Waals surface area (Å²) in [7, 11) is 0. The van der Waals surface area contributed by atoms with E-state index in [4.69, 9.17) is 0 Å². The molecule has 0 fully saturated rings. The van der Waals surface area contributed by atoms with Crippen molar-refractivity contribution in [3.63, 3.8) is 0 Å².